The van der Waals surface area contributed by atoms with E-state index >= 15 is 0 Å². The van der Waals surface area contributed by atoms with Gasteiger partial charge in [-0.15, -0.1) is 11.3 Å². The first-order chi connectivity index (χ1) is 9.81. The van der Waals surface area contributed by atoms with Crippen LogP contribution in [0.1, 0.15) is 51.5 Å². The molecule has 0 aliphatic carbocycles. The molecule has 0 saturated heterocycles. The normalized spacial score (nSPS) is 12.7. The van der Waals surface area contributed by atoms with Crippen LogP contribution in [0.25, 0.3) is 10.6 Å². The molecule has 0 spiro atoms. The highest BCUT2D eigenvalue weighted by Gasteiger charge is 2.09. The summed E-state index contributed by atoms with van der Waals surface area (Å²) in [6.45, 7) is 5.42. The van der Waals surface area contributed by atoms with Gasteiger partial charge in [0.25, 0.3) is 0 Å². The Bertz CT molecular complexity index is 476. The van der Waals surface area contributed by atoms with Gasteiger partial charge in [0, 0.05) is 18.2 Å². The largest absolute Gasteiger partial charge is 0.310 e. The minimum atomic E-state index is 0.568. The van der Waals surface area contributed by atoms with E-state index in [9.17, 15) is 0 Å². The van der Waals surface area contributed by atoms with Gasteiger partial charge in [-0.05, 0) is 24.8 Å². The lowest BCUT2D eigenvalue weighted by molar-refractivity contribution is 0.483. The Morgan fingerprint density at radius 2 is 2.25 bits per heavy atom. The molecular formula is C16H25N3S. The fourth-order valence-corrected chi connectivity index (χ4v) is 3.10. The number of H-pyrrole nitrogens is 1. The van der Waals surface area contributed by atoms with Crippen LogP contribution in [0.3, 0.4) is 0 Å². The van der Waals surface area contributed by atoms with Crippen LogP contribution in [-0.2, 0) is 6.54 Å². The highest BCUT2D eigenvalue weighted by molar-refractivity contribution is 7.13. The molecule has 0 bridgehead atoms. The van der Waals surface area contributed by atoms with E-state index in [0.29, 0.717) is 6.04 Å². The Labute approximate surface area is 125 Å². The summed E-state index contributed by atoms with van der Waals surface area (Å²) in [5, 5.41) is 13.0. The molecule has 0 saturated carbocycles. The Kier molecular flexibility index (Phi) is 6.27. The van der Waals surface area contributed by atoms with Gasteiger partial charge in [0.15, 0.2) is 0 Å². The molecule has 0 aliphatic heterocycles. The number of nitrogens with zero attached hydrogens (tertiary/aromatic N) is 1. The third-order valence-corrected chi connectivity index (χ3v) is 4.50. The van der Waals surface area contributed by atoms with E-state index in [-0.39, 0.29) is 0 Å². The zero-order valence-corrected chi connectivity index (χ0v) is 13.3. The van der Waals surface area contributed by atoms with Crippen molar-refractivity contribution in [1.29, 1.82) is 0 Å². The molecule has 1 atom stereocenters. The average Bonchev–Trinajstić information content (AvgIpc) is 3.11. The van der Waals surface area contributed by atoms with E-state index < -0.39 is 0 Å². The van der Waals surface area contributed by atoms with Crippen molar-refractivity contribution < 1.29 is 0 Å². The standard InChI is InChI=1S/C16H25N3S/c1-3-4-5-6-8-13(2)17-11-14-12-18-19-16(14)15-9-7-10-20-15/h7,9-10,12-13,17H,3-6,8,11H2,1-2H3,(H,18,19). The Hall–Kier alpha value is -1.13. The van der Waals surface area contributed by atoms with Crippen molar-refractivity contribution in [3.8, 4) is 10.6 Å². The molecule has 3 nitrogen and oxygen atoms in total. The Morgan fingerprint density at radius 1 is 1.35 bits per heavy atom. The van der Waals surface area contributed by atoms with Crippen LogP contribution in [0, 0.1) is 0 Å². The summed E-state index contributed by atoms with van der Waals surface area (Å²) in [4.78, 5) is 1.26. The number of unbranched alkanes of at least 4 members (excludes halogenated alkanes) is 3. The van der Waals surface area contributed by atoms with Gasteiger partial charge >= 0.3 is 0 Å². The van der Waals surface area contributed by atoms with Gasteiger partial charge in [0.05, 0.1) is 16.8 Å². The fourth-order valence-electron chi connectivity index (χ4n) is 2.34. The van der Waals surface area contributed by atoms with Crippen LogP contribution in [-0.4, -0.2) is 16.2 Å². The van der Waals surface area contributed by atoms with Crippen molar-refractivity contribution in [2.45, 2.75) is 58.5 Å². The zero-order valence-electron chi connectivity index (χ0n) is 12.5. The minimum Gasteiger partial charge on any atom is -0.310 e. The van der Waals surface area contributed by atoms with Gasteiger partial charge in [0.1, 0.15) is 0 Å². The molecule has 2 rings (SSSR count). The molecule has 1 unspecified atom stereocenters. The average molecular weight is 291 g/mol. The van der Waals surface area contributed by atoms with Gasteiger partial charge in [-0.25, -0.2) is 0 Å². The first-order valence-electron chi connectivity index (χ1n) is 7.60. The molecule has 110 valence electrons. The zero-order chi connectivity index (χ0) is 14.2. The molecule has 0 aromatic carbocycles. The first kappa shape index (κ1) is 15.3. The predicted molar refractivity (Wildman–Crippen MR) is 87.0 cm³/mol. The highest BCUT2D eigenvalue weighted by Crippen LogP contribution is 2.25. The first-order valence-corrected chi connectivity index (χ1v) is 8.48. The number of rotatable bonds is 9. The van der Waals surface area contributed by atoms with E-state index in [1.165, 1.54) is 42.5 Å². The fraction of sp³-hybridized carbons (Fsp3) is 0.562. The second-order valence-electron chi connectivity index (χ2n) is 5.38. The van der Waals surface area contributed by atoms with Crippen LogP contribution in [0.15, 0.2) is 23.7 Å². The van der Waals surface area contributed by atoms with Gasteiger partial charge in [0.2, 0.25) is 0 Å². The minimum absolute atomic E-state index is 0.568. The highest BCUT2D eigenvalue weighted by atomic mass is 32.1. The number of hydrogen-bond donors (Lipinski definition) is 2. The second kappa shape index (κ2) is 8.22. The van der Waals surface area contributed by atoms with Crippen molar-refractivity contribution in [2.75, 3.05) is 0 Å². The summed E-state index contributed by atoms with van der Waals surface area (Å²) in [5.74, 6) is 0. The number of aromatic nitrogens is 2. The molecule has 0 aliphatic rings. The van der Waals surface area contributed by atoms with E-state index in [4.69, 9.17) is 0 Å². The maximum Gasteiger partial charge on any atom is 0.0794 e. The molecule has 20 heavy (non-hydrogen) atoms. The van der Waals surface area contributed by atoms with Gasteiger partial charge in [-0.2, -0.15) is 5.10 Å². The van der Waals surface area contributed by atoms with Gasteiger partial charge in [-0.1, -0.05) is 38.7 Å². The number of nitrogens with one attached hydrogen (secondary N) is 2. The van der Waals surface area contributed by atoms with Crippen molar-refractivity contribution in [1.82, 2.24) is 15.5 Å². The van der Waals surface area contributed by atoms with E-state index in [0.717, 1.165) is 12.2 Å². The molecule has 2 aromatic heterocycles. The van der Waals surface area contributed by atoms with Crippen molar-refractivity contribution in [3.63, 3.8) is 0 Å². The molecule has 2 N–H and O–H groups in total. The molecule has 0 radical (unpaired) electrons. The molecule has 0 amide bonds. The molecular weight excluding hydrogens is 266 g/mol. The second-order valence-corrected chi connectivity index (χ2v) is 6.33. The predicted octanol–water partition coefficient (Wildman–Crippen LogP) is 4.59. The van der Waals surface area contributed by atoms with Crippen LogP contribution in [0.4, 0.5) is 0 Å². The third kappa shape index (κ3) is 4.46. The molecule has 0 fully saturated rings. The number of thiophene rings is 1. The Balaban J connectivity index is 1.78. The van der Waals surface area contributed by atoms with Crippen molar-refractivity contribution in [2.24, 2.45) is 0 Å². The van der Waals surface area contributed by atoms with Crippen LogP contribution >= 0.6 is 11.3 Å². The number of hydrogen-bond acceptors (Lipinski definition) is 3. The van der Waals surface area contributed by atoms with E-state index in [1.54, 1.807) is 11.3 Å². The monoisotopic (exact) mass is 291 g/mol. The summed E-state index contributed by atoms with van der Waals surface area (Å²) < 4.78 is 0. The van der Waals surface area contributed by atoms with Crippen LogP contribution in [0.5, 0.6) is 0 Å². The molecule has 2 aromatic rings. The van der Waals surface area contributed by atoms with Crippen LogP contribution in [0.2, 0.25) is 0 Å². The third-order valence-electron chi connectivity index (χ3n) is 3.62. The van der Waals surface area contributed by atoms with E-state index in [1.807, 2.05) is 6.20 Å². The molecule has 4 heteroatoms. The van der Waals surface area contributed by atoms with E-state index in [2.05, 4.69) is 46.9 Å². The quantitative estimate of drug-likeness (QED) is 0.664. The SMILES string of the molecule is CCCCCCC(C)NCc1cn[nH]c1-c1cccs1. The Morgan fingerprint density at radius 3 is 3.00 bits per heavy atom. The summed E-state index contributed by atoms with van der Waals surface area (Å²) in [7, 11) is 0. The number of aromatic amines is 1. The van der Waals surface area contributed by atoms with Crippen LogP contribution < -0.4 is 5.32 Å². The lowest BCUT2D eigenvalue weighted by Gasteiger charge is -2.13. The maximum absolute atomic E-state index is 4.18. The smallest absolute Gasteiger partial charge is 0.0794 e. The summed E-state index contributed by atoms with van der Waals surface area (Å²) in [5.41, 5.74) is 2.42. The summed E-state index contributed by atoms with van der Waals surface area (Å²) >= 11 is 1.75. The molecule has 2 heterocycles. The van der Waals surface area contributed by atoms with Crippen molar-refractivity contribution >= 4 is 11.3 Å². The van der Waals surface area contributed by atoms with Gasteiger partial charge in [-0.3, -0.25) is 5.10 Å². The van der Waals surface area contributed by atoms with Crippen molar-refractivity contribution in [3.05, 3.63) is 29.3 Å². The lowest BCUT2D eigenvalue weighted by atomic mass is 10.1. The lowest BCUT2D eigenvalue weighted by Crippen LogP contribution is -2.25. The summed E-state index contributed by atoms with van der Waals surface area (Å²) in [6, 6.07) is 4.78. The van der Waals surface area contributed by atoms with Gasteiger partial charge < -0.3 is 5.32 Å². The summed E-state index contributed by atoms with van der Waals surface area (Å²) in [6.07, 6.45) is 8.54. The topological polar surface area (TPSA) is 40.7 Å². The maximum atomic E-state index is 4.18.